The van der Waals surface area contributed by atoms with Crippen LogP contribution in [-0.2, 0) is 6.20 Å². The van der Waals surface area contributed by atoms with Gasteiger partial charge < -0.3 is 0 Å². The quantitative estimate of drug-likeness (QED) is 0.232. The molecule has 0 saturated carbocycles. The number of nitro groups is 4. The molecule has 0 radical (unpaired) electrons. The third-order valence-electron chi connectivity index (χ3n) is 4.99. The van der Waals surface area contributed by atoms with Crippen molar-refractivity contribution < 1.29 is 35.5 Å². The molecule has 2 aromatic carbocycles. The van der Waals surface area contributed by atoms with Gasteiger partial charge in [0.15, 0.2) is 0 Å². The van der Waals surface area contributed by atoms with Crippen LogP contribution in [0.15, 0.2) is 36.4 Å². The maximum atomic E-state index is 12.9. The predicted molar refractivity (Wildman–Crippen MR) is 120 cm³/mol. The van der Waals surface area contributed by atoms with E-state index in [4.69, 9.17) is 6.20 Å². The maximum absolute atomic E-state index is 12.9. The molecule has 0 amide bonds. The van der Waals surface area contributed by atoms with Gasteiger partial charge in [0.25, 0.3) is 0 Å². The van der Waals surface area contributed by atoms with E-state index in [1.165, 1.54) is 0 Å². The number of hydrogen-bond acceptors (Lipinski definition) is 12. The first-order valence-electron chi connectivity index (χ1n) is 10.0. The Kier molecular flexibility index (Phi) is 7.75. The van der Waals surface area contributed by atoms with Crippen molar-refractivity contribution in [2.24, 2.45) is 0 Å². The normalized spacial score (nSPS) is 15.2. The van der Waals surface area contributed by atoms with E-state index in [1.54, 1.807) is 0 Å². The van der Waals surface area contributed by atoms with Crippen LogP contribution in [0, 0.1) is 40.5 Å². The molecule has 1 fully saturated rings. The Labute approximate surface area is 205 Å². The Bertz CT molecular complexity index is 1140. The van der Waals surface area contributed by atoms with Gasteiger partial charge in [-0.25, -0.2) is 0 Å². The van der Waals surface area contributed by atoms with Crippen LogP contribution >= 0.6 is 0 Å². The van der Waals surface area contributed by atoms with Crippen molar-refractivity contribution in [3.8, 4) is 0 Å². The summed E-state index contributed by atoms with van der Waals surface area (Å²) in [7, 11) is 0. The van der Waals surface area contributed by atoms with E-state index in [2.05, 4.69) is 0 Å². The Morgan fingerprint density at radius 1 is 0.583 bits per heavy atom. The summed E-state index contributed by atoms with van der Waals surface area (Å²) in [4.78, 5) is 66.6. The van der Waals surface area contributed by atoms with Gasteiger partial charge in [-0.2, -0.15) is 0 Å². The van der Waals surface area contributed by atoms with E-state index in [1.807, 2.05) is 0 Å². The molecule has 0 spiro atoms. The second kappa shape index (κ2) is 10.6. The Morgan fingerprint density at radius 2 is 0.889 bits per heavy atom. The number of carbonyl (C=O) groups is 2. The van der Waals surface area contributed by atoms with Gasteiger partial charge in [0, 0.05) is 0 Å². The van der Waals surface area contributed by atoms with E-state index in [0.717, 1.165) is 30.7 Å². The molecule has 3 rings (SSSR count). The van der Waals surface area contributed by atoms with Crippen LogP contribution in [0.3, 0.4) is 0 Å². The van der Waals surface area contributed by atoms with Gasteiger partial charge in [-0.1, -0.05) is 0 Å². The third-order valence-corrected chi connectivity index (χ3v) is 12.8. The van der Waals surface area contributed by atoms with E-state index in [9.17, 15) is 50.0 Å². The molecule has 16 nitrogen and oxygen atoms in total. The van der Waals surface area contributed by atoms with Crippen LogP contribution < -0.4 is 0 Å². The number of rotatable bonds is 8. The molecular formula is C19H16N4O12Te. The van der Waals surface area contributed by atoms with Crippen molar-refractivity contribution in [1.29, 1.82) is 0 Å². The second-order valence-corrected chi connectivity index (χ2v) is 15.0. The molecule has 2 aromatic rings. The number of nitrogens with zero attached hydrogens (tertiary/aromatic N) is 4. The minimum absolute atomic E-state index is 0.175. The van der Waals surface area contributed by atoms with Crippen LogP contribution in [0.25, 0.3) is 0 Å². The van der Waals surface area contributed by atoms with Crippen molar-refractivity contribution in [1.82, 2.24) is 0 Å². The van der Waals surface area contributed by atoms with Crippen LogP contribution in [0.2, 0.25) is 8.94 Å². The van der Waals surface area contributed by atoms with Crippen LogP contribution in [-0.4, -0.2) is 50.6 Å². The number of carbonyl (C=O) groups excluding carboxylic acids is 2. The summed E-state index contributed by atoms with van der Waals surface area (Å²) in [6, 6.07) is 4.51. The van der Waals surface area contributed by atoms with Crippen molar-refractivity contribution >= 4 is 53.7 Å². The first-order valence-corrected chi connectivity index (χ1v) is 15.2. The van der Waals surface area contributed by atoms with Crippen LogP contribution in [0.5, 0.6) is 0 Å². The number of nitro benzene ring substituents is 4. The van der Waals surface area contributed by atoms with Crippen molar-refractivity contribution in [3.05, 3.63) is 88.0 Å². The van der Waals surface area contributed by atoms with Gasteiger partial charge >= 0.3 is 205 Å². The molecule has 17 heteroatoms. The molecule has 1 heterocycles. The molecule has 0 aromatic heterocycles. The van der Waals surface area contributed by atoms with Crippen molar-refractivity contribution in [2.45, 2.75) is 28.2 Å². The number of benzene rings is 2. The molecule has 0 aliphatic carbocycles. The fourth-order valence-electron chi connectivity index (χ4n) is 3.33. The van der Waals surface area contributed by atoms with Gasteiger partial charge in [-0.15, -0.1) is 0 Å². The van der Waals surface area contributed by atoms with Gasteiger partial charge in [0.1, 0.15) is 0 Å². The molecule has 1 saturated heterocycles. The van der Waals surface area contributed by atoms with Gasteiger partial charge in [0.2, 0.25) is 0 Å². The zero-order valence-electron chi connectivity index (χ0n) is 18.1. The van der Waals surface area contributed by atoms with Gasteiger partial charge in [-0.3, -0.25) is 0 Å². The summed E-state index contributed by atoms with van der Waals surface area (Å²) in [5.74, 6) is -2.33. The summed E-state index contributed by atoms with van der Waals surface area (Å²) in [5.41, 5.74) is -3.86. The first-order chi connectivity index (χ1) is 16.9. The molecule has 1 aliphatic rings. The number of non-ortho nitro benzene ring substituents is 4. The SMILES string of the molecule is O=C(O[Te]1(OC(=O)c2cc([N+](=O)[O-])cc([N+](=O)[O-])c2)CCCCC1)c1cc([N+](=O)[O-])cc([N+](=O)[O-])c1. The Balaban J connectivity index is 1.94. The zero-order chi connectivity index (χ0) is 26.6. The predicted octanol–water partition coefficient (Wildman–Crippen LogP) is 3.96. The topological polar surface area (TPSA) is 225 Å². The van der Waals surface area contributed by atoms with Crippen LogP contribution in [0.4, 0.5) is 22.7 Å². The molecule has 0 N–H and O–H groups in total. The van der Waals surface area contributed by atoms with Crippen LogP contribution in [0.1, 0.15) is 40.0 Å². The minimum atomic E-state index is -4.40. The second-order valence-electron chi connectivity index (χ2n) is 7.46. The summed E-state index contributed by atoms with van der Waals surface area (Å²) >= 11 is -4.40. The average molecular weight is 620 g/mol. The molecule has 36 heavy (non-hydrogen) atoms. The van der Waals surface area contributed by atoms with E-state index < -0.39 is 84.5 Å². The van der Waals surface area contributed by atoms with Gasteiger partial charge in [-0.05, 0) is 0 Å². The molecule has 1 aliphatic heterocycles. The molecule has 190 valence electrons. The first kappa shape index (κ1) is 26.4. The number of hydrogen-bond donors (Lipinski definition) is 0. The average Bonchev–Trinajstić information content (AvgIpc) is 2.83. The Morgan fingerprint density at radius 3 is 1.17 bits per heavy atom. The monoisotopic (exact) mass is 622 g/mol. The van der Waals surface area contributed by atoms with Crippen molar-refractivity contribution in [3.63, 3.8) is 0 Å². The summed E-state index contributed by atoms with van der Waals surface area (Å²) < 4.78 is 11.5. The summed E-state index contributed by atoms with van der Waals surface area (Å²) in [6.07, 6.45) is 1.74. The molecule has 0 atom stereocenters. The standard InChI is InChI=1S/C19H16N4O12Te/c24-18(12-6-14(20(26)27)10-15(7-12)21(28)29)34-36(4-2-1-3-5-36)35-19(25)13-8-16(22(30)31)11-17(9-13)23(32)33/h6-11H,1-5H2. The summed E-state index contributed by atoms with van der Waals surface area (Å²) in [5, 5.41) is 44.5. The fourth-order valence-corrected chi connectivity index (χ4v) is 10.8. The van der Waals surface area contributed by atoms with Gasteiger partial charge in [0.05, 0.1) is 0 Å². The molecule has 0 bridgehead atoms. The van der Waals surface area contributed by atoms with E-state index in [0.29, 0.717) is 25.0 Å². The molecular weight excluding hydrogens is 604 g/mol. The zero-order valence-corrected chi connectivity index (χ0v) is 20.4. The Hall–Kier alpha value is -4.23. The molecule has 0 unspecified atom stereocenters. The third kappa shape index (κ3) is 6.06. The fraction of sp³-hybridized carbons (Fsp3) is 0.263. The van der Waals surface area contributed by atoms with Crippen molar-refractivity contribution in [2.75, 3.05) is 0 Å². The summed E-state index contributed by atoms with van der Waals surface area (Å²) in [6.45, 7) is 0. The van der Waals surface area contributed by atoms with E-state index >= 15 is 0 Å². The van der Waals surface area contributed by atoms with E-state index in [-0.39, 0.29) is 8.94 Å².